The minimum atomic E-state index is -2.64. The van der Waals surface area contributed by atoms with Crippen molar-refractivity contribution in [2.75, 3.05) is 19.8 Å². The molecule has 0 spiro atoms. The van der Waals surface area contributed by atoms with Crippen molar-refractivity contribution in [3.05, 3.63) is 0 Å². The number of aliphatic hydroxyl groups excluding tert-OH is 1. The third-order valence-electron chi connectivity index (χ3n) is 4.55. The molecule has 17 heavy (non-hydrogen) atoms. The van der Waals surface area contributed by atoms with E-state index in [1.165, 1.54) is 0 Å². The average Bonchev–Trinajstić information content (AvgIpc) is 2.30. The Balaban J connectivity index is 2.14. The molecule has 0 aromatic carbocycles. The summed E-state index contributed by atoms with van der Waals surface area (Å²) in [6.07, 6.45) is 0.756. The predicted octanol–water partition coefficient (Wildman–Crippen LogP) is 1.72. The largest absolute Gasteiger partial charge is 0.396 e. The van der Waals surface area contributed by atoms with Gasteiger partial charge in [0.2, 0.25) is 5.92 Å². The maximum atomic E-state index is 13.2. The van der Waals surface area contributed by atoms with Crippen molar-refractivity contribution in [3.8, 4) is 0 Å². The summed E-state index contributed by atoms with van der Waals surface area (Å²) in [5.41, 5.74) is -1.81. The fraction of sp³-hybridized carbons (Fsp3) is 1.00. The highest BCUT2D eigenvalue weighted by atomic mass is 19.3. The van der Waals surface area contributed by atoms with Crippen LogP contribution in [0.2, 0.25) is 0 Å². The first-order valence-electron chi connectivity index (χ1n) is 6.22. The molecular formula is C12H20F2O3. The van der Waals surface area contributed by atoms with E-state index >= 15 is 0 Å². The lowest BCUT2D eigenvalue weighted by Crippen LogP contribution is -2.56. The van der Waals surface area contributed by atoms with Crippen LogP contribution in [0.1, 0.15) is 38.5 Å². The van der Waals surface area contributed by atoms with Gasteiger partial charge in [0.15, 0.2) is 0 Å². The molecule has 0 radical (unpaired) electrons. The monoisotopic (exact) mass is 250 g/mol. The van der Waals surface area contributed by atoms with Gasteiger partial charge >= 0.3 is 0 Å². The Morgan fingerprint density at radius 1 is 0.941 bits per heavy atom. The molecule has 0 bridgehead atoms. The summed E-state index contributed by atoms with van der Waals surface area (Å²) in [6.45, 7) is 0.656. The highest BCUT2D eigenvalue weighted by Gasteiger charge is 2.54. The second-order valence-electron chi connectivity index (χ2n) is 5.44. The summed E-state index contributed by atoms with van der Waals surface area (Å²) in [7, 11) is 0. The molecule has 0 atom stereocenters. The molecule has 2 rings (SSSR count). The van der Waals surface area contributed by atoms with Crippen molar-refractivity contribution in [2.45, 2.75) is 50.0 Å². The Bertz CT molecular complexity index is 265. The van der Waals surface area contributed by atoms with Crippen LogP contribution in [0.25, 0.3) is 0 Å². The van der Waals surface area contributed by atoms with Crippen LogP contribution < -0.4 is 0 Å². The first kappa shape index (κ1) is 13.2. The lowest BCUT2D eigenvalue weighted by molar-refractivity contribution is -0.194. The van der Waals surface area contributed by atoms with E-state index in [1.807, 2.05) is 0 Å². The fourth-order valence-electron chi connectivity index (χ4n) is 3.10. The highest BCUT2D eigenvalue weighted by Crippen LogP contribution is 2.52. The van der Waals surface area contributed by atoms with Crippen molar-refractivity contribution in [2.24, 2.45) is 5.41 Å². The number of halogens is 2. The quantitative estimate of drug-likeness (QED) is 0.784. The SMILES string of the molecule is OCC1(C2(O)CCOCC2)CCC(F)(F)CC1. The number of ether oxygens (including phenoxy) is 1. The van der Waals surface area contributed by atoms with Gasteiger partial charge in [-0.2, -0.15) is 0 Å². The van der Waals surface area contributed by atoms with Gasteiger partial charge in [0.05, 0.1) is 12.2 Å². The molecule has 1 saturated heterocycles. The number of hydrogen-bond donors (Lipinski definition) is 2. The van der Waals surface area contributed by atoms with Gasteiger partial charge in [-0.05, 0) is 12.8 Å². The van der Waals surface area contributed by atoms with Crippen LogP contribution in [0, 0.1) is 5.41 Å². The van der Waals surface area contributed by atoms with Gasteiger partial charge in [-0.25, -0.2) is 8.78 Å². The molecule has 1 aliphatic heterocycles. The molecule has 2 fully saturated rings. The zero-order chi connectivity index (χ0) is 12.6. The molecule has 1 aliphatic carbocycles. The third-order valence-corrected chi connectivity index (χ3v) is 4.55. The van der Waals surface area contributed by atoms with Crippen LogP contribution in [0.5, 0.6) is 0 Å². The van der Waals surface area contributed by atoms with Gasteiger partial charge in [0.1, 0.15) is 0 Å². The molecule has 0 unspecified atom stereocenters. The maximum Gasteiger partial charge on any atom is 0.248 e. The van der Waals surface area contributed by atoms with E-state index in [4.69, 9.17) is 4.74 Å². The van der Waals surface area contributed by atoms with Gasteiger partial charge < -0.3 is 14.9 Å². The van der Waals surface area contributed by atoms with Crippen molar-refractivity contribution in [1.82, 2.24) is 0 Å². The molecule has 1 heterocycles. The summed E-state index contributed by atoms with van der Waals surface area (Å²) >= 11 is 0. The zero-order valence-electron chi connectivity index (χ0n) is 9.92. The maximum absolute atomic E-state index is 13.2. The van der Waals surface area contributed by atoms with Crippen molar-refractivity contribution < 1.29 is 23.7 Å². The lowest BCUT2D eigenvalue weighted by Gasteiger charge is -2.51. The Labute approximate surface area is 99.8 Å². The molecule has 0 aromatic rings. The topological polar surface area (TPSA) is 49.7 Å². The molecular weight excluding hydrogens is 230 g/mol. The van der Waals surface area contributed by atoms with E-state index in [2.05, 4.69) is 0 Å². The van der Waals surface area contributed by atoms with Gasteiger partial charge in [-0.3, -0.25) is 0 Å². The summed E-state index contributed by atoms with van der Waals surface area (Å²) in [5, 5.41) is 20.2. The second-order valence-corrected chi connectivity index (χ2v) is 5.44. The highest BCUT2D eigenvalue weighted by molar-refractivity contribution is 5.03. The van der Waals surface area contributed by atoms with E-state index in [0.717, 1.165) is 0 Å². The second kappa shape index (κ2) is 4.44. The molecule has 0 amide bonds. The first-order chi connectivity index (χ1) is 7.93. The molecule has 0 aromatic heterocycles. The number of hydrogen-bond acceptors (Lipinski definition) is 3. The molecule has 1 saturated carbocycles. The molecule has 3 nitrogen and oxygen atoms in total. The Kier molecular flexibility index (Phi) is 3.45. The minimum absolute atomic E-state index is 0.188. The van der Waals surface area contributed by atoms with Crippen LogP contribution in [0.4, 0.5) is 8.78 Å². The minimum Gasteiger partial charge on any atom is -0.396 e. The number of aliphatic hydroxyl groups is 2. The number of alkyl halides is 2. The Hall–Kier alpha value is -0.260. The zero-order valence-corrected chi connectivity index (χ0v) is 9.92. The molecule has 100 valence electrons. The third kappa shape index (κ3) is 2.33. The first-order valence-corrected chi connectivity index (χ1v) is 6.22. The Morgan fingerprint density at radius 2 is 1.47 bits per heavy atom. The van der Waals surface area contributed by atoms with Gasteiger partial charge in [-0.15, -0.1) is 0 Å². The van der Waals surface area contributed by atoms with Crippen molar-refractivity contribution in [1.29, 1.82) is 0 Å². The van der Waals surface area contributed by atoms with Crippen LogP contribution in [-0.2, 0) is 4.74 Å². The number of rotatable bonds is 2. The smallest absolute Gasteiger partial charge is 0.248 e. The molecule has 2 aliphatic rings. The van der Waals surface area contributed by atoms with Crippen LogP contribution >= 0.6 is 0 Å². The van der Waals surface area contributed by atoms with Crippen LogP contribution in [0.3, 0.4) is 0 Å². The normalized spacial score (nSPS) is 31.1. The van der Waals surface area contributed by atoms with E-state index in [-0.39, 0.29) is 32.3 Å². The predicted molar refractivity (Wildman–Crippen MR) is 57.9 cm³/mol. The van der Waals surface area contributed by atoms with Crippen molar-refractivity contribution in [3.63, 3.8) is 0 Å². The van der Waals surface area contributed by atoms with Crippen molar-refractivity contribution >= 4 is 0 Å². The molecule has 2 N–H and O–H groups in total. The summed E-state index contributed by atoms with van der Waals surface area (Å²) in [4.78, 5) is 0. The molecule has 5 heteroatoms. The average molecular weight is 250 g/mol. The van der Waals surface area contributed by atoms with E-state index in [0.29, 0.717) is 26.1 Å². The van der Waals surface area contributed by atoms with Gasteiger partial charge in [-0.1, -0.05) is 0 Å². The van der Waals surface area contributed by atoms with E-state index < -0.39 is 16.9 Å². The summed E-state index contributed by atoms with van der Waals surface area (Å²) in [5.74, 6) is -2.64. The fourth-order valence-corrected chi connectivity index (χ4v) is 3.10. The van der Waals surface area contributed by atoms with Crippen LogP contribution in [-0.4, -0.2) is 41.6 Å². The van der Waals surface area contributed by atoms with Gasteiger partial charge in [0.25, 0.3) is 0 Å². The summed E-state index contributed by atoms with van der Waals surface area (Å²) < 4.78 is 31.6. The summed E-state index contributed by atoms with van der Waals surface area (Å²) in [6, 6.07) is 0. The van der Waals surface area contributed by atoms with E-state index in [1.54, 1.807) is 0 Å². The van der Waals surface area contributed by atoms with Crippen LogP contribution in [0.15, 0.2) is 0 Å². The Morgan fingerprint density at radius 3 is 1.94 bits per heavy atom. The standard InChI is InChI=1S/C12H20F2O3/c13-12(14)3-1-10(9-15,2-4-12)11(16)5-7-17-8-6-11/h15-16H,1-9H2. The van der Waals surface area contributed by atoms with Gasteiger partial charge in [0, 0.05) is 44.3 Å². The lowest BCUT2D eigenvalue weighted by atomic mass is 9.60. The van der Waals surface area contributed by atoms with E-state index in [9.17, 15) is 19.0 Å².